The van der Waals surface area contributed by atoms with E-state index >= 15 is 0 Å². The number of nitrogens with one attached hydrogen (secondary N) is 1. The van der Waals surface area contributed by atoms with E-state index < -0.39 is 10.0 Å². The Labute approximate surface area is 111 Å². The van der Waals surface area contributed by atoms with Crippen molar-refractivity contribution in [3.05, 3.63) is 22.7 Å². The van der Waals surface area contributed by atoms with E-state index in [-0.39, 0.29) is 16.0 Å². The van der Waals surface area contributed by atoms with Gasteiger partial charge in [0.05, 0.1) is 11.6 Å². The van der Waals surface area contributed by atoms with Gasteiger partial charge in [-0.1, -0.05) is 11.6 Å². The van der Waals surface area contributed by atoms with Gasteiger partial charge in [-0.3, -0.25) is 0 Å². The zero-order valence-corrected chi connectivity index (χ0v) is 11.5. The molecule has 1 fully saturated rings. The number of rotatable bonds is 3. The first-order valence-corrected chi connectivity index (χ1v) is 7.42. The van der Waals surface area contributed by atoms with E-state index in [1.165, 1.54) is 6.07 Å². The molecule has 0 aromatic heterocycles. The third-order valence-corrected chi connectivity index (χ3v) is 4.85. The predicted octanol–water partition coefficient (Wildman–Crippen LogP) is 1.30. The van der Waals surface area contributed by atoms with Gasteiger partial charge in [0.15, 0.2) is 0 Å². The van der Waals surface area contributed by atoms with Crippen LogP contribution in [0.3, 0.4) is 0 Å². The lowest BCUT2D eigenvalue weighted by atomic mass is 10.2. The molecule has 7 heteroatoms. The van der Waals surface area contributed by atoms with Crippen LogP contribution in [-0.4, -0.2) is 27.7 Å². The molecule has 1 heterocycles. The average Bonchev–Trinajstić information content (AvgIpc) is 2.75. The Balaban J connectivity index is 2.31. The maximum atomic E-state index is 12.2. The molecule has 100 valence electrons. The summed E-state index contributed by atoms with van der Waals surface area (Å²) in [5.74, 6) is 0. The highest BCUT2D eigenvalue weighted by molar-refractivity contribution is 7.89. The van der Waals surface area contributed by atoms with Crippen molar-refractivity contribution < 1.29 is 13.2 Å². The quantitative estimate of drug-likeness (QED) is 0.822. The van der Waals surface area contributed by atoms with E-state index in [0.717, 1.165) is 5.56 Å². The van der Waals surface area contributed by atoms with Crippen LogP contribution >= 0.6 is 11.6 Å². The maximum absolute atomic E-state index is 12.2. The zero-order valence-electron chi connectivity index (χ0n) is 9.94. The molecule has 1 saturated heterocycles. The van der Waals surface area contributed by atoms with Gasteiger partial charge in [0.2, 0.25) is 10.0 Å². The zero-order chi connectivity index (χ0) is 13.3. The van der Waals surface area contributed by atoms with Gasteiger partial charge in [-0.2, -0.15) is 0 Å². The first kappa shape index (κ1) is 13.6. The number of benzene rings is 1. The van der Waals surface area contributed by atoms with Crippen molar-refractivity contribution in [2.75, 3.05) is 18.9 Å². The van der Waals surface area contributed by atoms with E-state index in [1.54, 1.807) is 13.0 Å². The number of aryl methyl sites for hydroxylation is 1. The number of sulfonamides is 1. The van der Waals surface area contributed by atoms with Crippen molar-refractivity contribution in [1.29, 1.82) is 0 Å². The molecule has 0 radical (unpaired) electrons. The minimum absolute atomic E-state index is 0.0131. The smallest absolute Gasteiger partial charge is 0.242 e. The topological polar surface area (TPSA) is 81.4 Å². The first-order chi connectivity index (χ1) is 8.40. The summed E-state index contributed by atoms with van der Waals surface area (Å²) in [5.41, 5.74) is 6.88. The number of hydrogen-bond acceptors (Lipinski definition) is 4. The molecule has 5 nitrogen and oxygen atoms in total. The Bertz CT molecular complexity index is 554. The Hall–Kier alpha value is -0.820. The molecule has 1 aromatic carbocycles. The van der Waals surface area contributed by atoms with Crippen LogP contribution in [0, 0.1) is 6.92 Å². The molecule has 1 aliphatic heterocycles. The van der Waals surface area contributed by atoms with Crippen LogP contribution in [0.2, 0.25) is 5.02 Å². The van der Waals surface area contributed by atoms with Gasteiger partial charge >= 0.3 is 0 Å². The second kappa shape index (κ2) is 5.05. The van der Waals surface area contributed by atoms with Crippen LogP contribution in [0.15, 0.2) is 17.0 Å². The number of ether oxygens (including phenoxy) is 1. The van der Waals surface area contributed by atoms with E-state index in [4.69, 9.17) is 22.1 Å². The summed E-state index contributed by atoms with van der Waals surface area (Å²) < 4.78 is 32.0. The predicted molar refractivity (Wildman–Crippen MR) is 70.1 cm³/mol. The minimum Gasteiger partial charge on any atom is -0.398 e. The fourth-order valence-electron chi connectivity index (χ4n) is 1.78. The van der Waals surface area contributed by atoms with Crippen LogP contribution < -0.4 is 10.5 Å². The lowest BCUT2D eigenvalue weighted by Crippen LogP contribution is -2.35. The minimum atomic E-state index is -3.66. The summed E-state index contributed by atoms with van der Waals surface area (Å²) in [6, 6.07) is 2.74. The molecule has 0 amide bonds. The fourth-order valence-corrected chi connectivity index (χ4v) is 3.66. The second-order valence-corrected chi connectivity index (χ2v) is 6.41. The average molecular weight is 291 g/mol. The van der Waals surface area contributed by atoms with E-state index in [1.807, 2.05) is 0 Å². The number of hydrogen-bond donors (Lipinski definition) is 2. The first-order valence-electron chi connectivity index (χ1n) is 5.56. The molecule has 0 saturated carbocycles. The Morgan fingerprint density at radius 3 is 2.83 bits per heavy atom. The number of anilines is 1. The van der Waals surface area contributed by atoms with Gasteiger partial charge < -0.3 is 10.5 Å². The van der Waals surface area contributed by atoms with Crippen molar-refractivity contribution in [3.63, 3.8) is 0 Å². The third-order valence-electron chi connectivity index (χ3n) is 2.86. The lowest BCUT2D eigenvalue weighted by molar-refractivity contribution is 0.192. The second-order valence-electron chi connectivity index (χ2n) is 4.32. The van der Waals surface area contributed by atoms with Gasteiger partial charge in [-0.15, -0.1) is 0 Å². The molecular weight excluding hydrogens is 276 g/mol. The van der Waals surface area contributed by atoms with Gasteiger partial charge in [-0.05, 0) is 31.0 Å². The fraction of sp³-hybridized carbons (Fsp3) is 0.455. The van der Waals surface area contributed by atoms with Crippen molar-refractivity contribution >= 4 is 27.3 Å². The highest BCUT2D eigenvalue weighted by Crippen LogP contribution is 2.27. The molecule has 0 aliphatic carbocycles. The molecule has 1 unspecified atom stereocenters. The standard InChI is InChI=1S/C11H15ClN2O3S/c1-7-4-9(12)11(5-10(7)13)18(15,16)14-8-2-3-17-6-8/h4-5,8,14H,2-3,6,13H2,1H3. The SMILES string of the molecule is Cc1cc(Cl)c(S(=O)(=O)NC2CCOC2)cc1N. The normalized spacial score (nSPS) is 20.2. The van der Waals surface area contributed by atoms with E-state index in [2.05, 4.69) is 4.72 Å². The molecule has 3 N–H and O–H groups in total. The summed E-state index contributed by atoms with van der Waals surface area (Å²) in [7, 11) is -3.66. The third kappa shape index (κ3) is 2.77. The summed E-state index contributed by atoms with van der Waals surface area (Å²) in [6.07, 6.45) is 0.665. The molecule has 18 heavy (non-hydrogen) atoms. The summed E-state index contributed by atoms with van der Waals surface area (Å²) in [5, 5.41) is 0.174. The van der Waals surface area contributed by atoms with E-state index in [0.29, 0.717) is 25.3 Å². The van der Waals surface area contributed by atoms with E-state index in [9.17, 15) is 8.42 Å². The lowest BCUT2D eigenvalue weighted by Gasteiger charge is -2.13. The van der Waals surface area contributed by atoms with Crippen molar-refractivity contribution in [3.8, 4) is 0 Å². The van der Waals surface area contributed by atoms with Gasteiger partial charge in [0.1, 0.15) is 4.90 Å². The van der Waals surface area contributed by atoms with Crippen LogP contribution in [0.25, 0.3) is 0 Å². The van der Waals surface area contributed by atoms with Crippen molar-refractivity contribution in [1.82, 2.24) is 4.72 Å². The Morgan fingerprint density at radius 2 is 2.22 bits per heavy atom. The molecule has 2 rings (SSSR count). The monoisotopic (exact) mass is 290 g/mol. The summed E-state index contributed by atoms with van der Waals surface area (Å²) >= 11 is 5.97. The van der Waals surface area contributed by atoms with Crippen molar-refractivity contribution in [2.24, 2.45) is 0 Å². The highest BCUT2D eigenvalue weighted by Gasteiger charge is 2.25. The Kier molecular flexibility index (Phi) is 3.82. The molecule has 1 aliphatic rings. The molecule has 1 atom stereocenters. The van der Waals surface area contributed by atoms with Crippen LogP contribution in [-0.2, 0) is 14.8 Å². The summed E-state index contributed by atoms with van der Waals surface area (Å²) in [6.45, 7) is 2.73. The number of nitrogens with two attached hydrogens (primary N) is 1. The molecule has 1 aromatic rings. The molecular formula is C11H15ClN2O3S. The largest absolute Gasteiger partial charge is 0.398 e. The molecule has 0 bridgehead atoms. The van der Waals surface area contributed by atoms with Gasteiger partial charge in [0.25, 0.3) is 0 Å². The summed E-state index contributed by atoms with van der Waals surface area (Å²) in [4.78, 5) is 0.0131. The van der Waals surface area contributed by atoms with Crippen LogP contribution in [0.1, 0.15) is 12.0 Å². The van der Waals surface area contributed by atoms with Gasteiger partial charge in [-0.25, -0.2) is 13.1 Å². The van der Waals surface area contributed by atoms with Crippen LogP contribution in [0.4, 0.5) is 5.69 Å². The van der Waals surface area contributed by atoms with Gasteiger partial charge in [0, 0.05) is 18.3 Å². The highest BCUT2D eigenvalue weighted by atomic mass is 35.5. The molecule has 0 spiro atoms. The number of halogens is 1. The maximum Gasteiger partial charge on any atom is 0.242 e. The number of nitrogen functional groups attached to an aromatic ring is 1. The Morgan fingerprint density at radius 1 is 1.50 bits per heavy atom. The van der Waals surface area contributed by atoms with Crippen LogP contribution in [0.5, 0.6) is 0 Å². The van der Waals surface area contributed by atoms with Crippen molar-refractivity contribution in [2.45, 2.75) is 24.3 Å².